The van der Waals surface area contributed by atoms with Gasteiger partial charge in [0.1, 0.15) is 17.8 Å². The van der Waals surface area contributed by atoms with Gasteiger partial charge in [0.25, 0.3) is 0 Å². The molecule has 2 aromatic heterocycles. The highest BCUT2D eigenvalue weighted by atomic mass is 35.5. The molecule has 6 nitrogen and oxygen atoms in total. The van der Waals surface area contributed by atoms with Crippen molar-refractivity contribution in [3.8, 4) is 0 Å². The van der Waals surface area contributed by atoms with Gasteiger partial charge in [0.15, 0.2) is 0 Å². The zero-order valence-corrected chi connectivity index (χ0v) is 18.0. The normalized spacial score (nSPS) is 18.1. The zero-order chi connectivity index (χ0) is 20.7. The molecule has 0 radical (unpaired) electrons. The van der Waals surface area contributed by atoms with Crippen molar-refractivity contribution in [2.75, 3.05) is 31.1 Å². The molecule has 1 aromatic carbocycles. The Morgan fingerprint density at radius 1 is 1.20 bits per heavy atom. The van der Waals surface area contributed by atoms with Crippen LogP contribution in [0.2, 0.25) is 5.02 Å². The summed E-state index contributed by atoms with van der Waals surface area (Å²) < 4.78 is 0. The van der Waals surface area contributed by atoms with E-state index in [0.717, 1.165) is 61.3 Å². The molecule has 1 aliphatic carbocycles. The van der Waals surface area contributed by atoms with Gasteiger partial charge in [0.05, 0.1) is 11.8 Å². The van der Waals surface area contributed by atoms with Crippen molar-refractivity contribution in [3.63, 3.8) is 0 Å². The van der Waals surface area contributed by atoms with Gasteiger partial charge in [-0.2, -0.15) is 0 Å². The number of benzene rings is 1. The molecule has 7 heteroatoms. The van der Waals surface area contributed by atoms with Crippen LogP contribution in [0.15, 0.2) is 36.8 Å². The SMILES string of the molecule is CCc1ccc(CC(=O)N2CCN(c3ncnc4[nH]ccc34)CC3(CC3)C2)c(Cl)c1. The van der Waals surface area contributed by atoms with Crippen molar-refractivity contribution in [1.29, 1.82) is 0 Å². The standard InChI is InChI=1S/C23H26ClN5O/c1-2-16-3-4-17(19(24)11-16)12-20(30)28-9-10-29(14-23(13-28)6-7-23)22-18-5-8-25-21(18)26-15-27-22/h3-5,8,11,15H,2,6-7,9-10,12-14H2,1H3,(H,25,26,27). The van der Waals surface area contributed by atoms with Gasteiger partial charge in [-0.3, -0.25) is 4.79 Å². The van der Waals surface area contributed by atoms with E-state index in [4.69, 9.17) is 11.6 Å². The highest BCUT2D eigenvalue weighted by Gasteiger charge is 2.47. The number of rotatable bonds is 4. The van der Waals surface area contributed by atoms with E-state index in [1.54, 1.807) is 6.33 Å². The van der Waals surface area contributed by atoms with Gasteiger partial charge in [0, 0.05) is 42.8 Å². The molecule has 3 aromatic rings. The summed E-state index contributed by atoms with van der Waals surface area (Å²) in [5.41, 5.74) is 3.14. The maximum Gasteiger partial charge on any atom is 0.227 e. The molecule has 1 aliphatic heterocycles. The van der Waals surface area contributed by atoms with Crippen molar-refractivity contribution < 1.29 is 4.79 Å². The Balaban J connectivity index is 1.35. The summed E-state index contributed by atoms with van der Waals surface area (Å²) in [5, 5.41) is 1.73. The maximum atomic E-state index is 13.2. The second-order valence-corrected chi connectivity index (χ2v) is 9.04. The van der Waals surface area contributed by atoms with Crippen molar-refractivity contribution in [2.45, 2.75) is 32.6 Å². The van der Waals surface area contributed by atoms with E-state index in [-0.39, 0.29) is 11.3 Å². The molecule has 1 N–H and O–H groups in total. The molecular weight excluding hydrogens is 398 g/mol. The van der Waals surface area contributed by atoms with Crippen LogP contribution in [0.25, 0.3) is 11.0 Å². The summed E-state index contributed by atoms with van der Waals surface area (Å²) in [5.74, 6) is 1.11. The van der Waals surface area contributed by atoms with Crippen molar-refractivity contribution in [3.05, 3.63) is 52.9 Å². The van der Waals surface area contributed by atoms with Crippen LogP contribution < -0.4 is 4.90 Å². The molecule has 1 saturated carbocycles. The van der Waals surface area contributed by atoms with E-state index >= 15 is 0 Å². The number of aryl methyl sites for hydroxylation is 1. The van der Waals surface area contributed by atoms with Crippen molar-refractivity contribution in [1.82, 2.24) is 19.9 Å². The Labute approximate surface area is 181 Å². The lowest BCUT2D eigenvalue weighted by Crippen LogP contribution is -2.37. The number of hydrogen-bond donors (Lipinski definition) is 1. The van der Waals surface area contributed by atoms with Crippen LogP contribution in [0.3, 0.4) is 0 Å². The van der Waals surface area contributed by atoms with Gasteiger partial charge in [-0.1, -0.05) is 30.7 Å². The van der Waals surface area contributed by atoms with Gasteiger partial charge in [-0.15, -0.1) is 0 Å². The van der Waals surface area contributed by atoms with Crippen LogP contribution in [-0.2, 0) is 17.6 Å². The van der Waals surface area contributed by atoms with E-state index in [1.165, 1.54) is 5.56 Å². The number of H-pyrrole nitrogens is 1. The first-order chi connectivity index (χ1) is 14.6. The number of carbonyl (C=O) groups is 1. The minimum Gasteiger partial charge on any atom is -0.354 e. The number of aromatic nitrogens is 3. The Hall–Kier alpha value is -2.60. The summed E-state index contributed by atoms with van der Waals surface area (Å²) in [7, 11) is 0. The summed E-state index contributed by atoms with van der Waals surface area (Å²) >= 11 is 6.44. The summed E-state index contributed by atoms with van der Waals surface area (Å²) in [6.07, 6.45) is 7.12. The molecule has 30 heavy (non-hydrogen) atoms. The molecular formula is C23H26ClN5O. The largest absolute Gasteiger partial charge is 0.354 e. The van der Waals surface area contributed by atoms with Crippen molar-refractivity contribution >= 4 is 34.4 Å². The van der Waals surface area contributed by atoms with E-state index in [1.807, 2.05) is 29.3 Å². The first kappa shape index (κ1) is 19.4. The van der Waals surface area contributed by atoms with Gasteiger partial charge in [-0.05, 0) is 42.5 Å². The molecule has 156 valence electrons. The number of carbonyl (C=O) groups excluding carboxylic acids is 1. The molecule has 3 heterocycles. The Bertz CT molecular complexity index is 1090. The summed E-state index contributed by atoms with van der Waals surface area (Å²) in [6.45, 7) is 5.32. The number of fused-ring (bicyclic) bond motifs is 1. The van der Waals surface area contributed by atoms with E-state index in [2.05, 4.69) is 32.8 Å². The number of amides is 1. The summed E-state index contributed by atoms with van der Waals surface area (Å²) in [6, 6.07) is 8.08. The van der Waals surface area contributed by atoms with Crippen LogP contribution in [0.1, 0.15) is 30.9 Å². The van der Waals surface area contributed by atoms with Crippen LogP contribution in [0.4, 0.5) is 5.82 Å². The monoisotopic (exact) mass is 423 g/mol. The molecule has 1 spiro atoms. The Morgan fingerprint density at radius 2 is 2.07 bits per heavy atom. The van der Waals surface area contributed by atoms with Gasteiger partial charge >= 0.3 is 0 Å². The third-order valence-electron chi connectivity index (χ3n) is 6.50. The molecule has 0 bridgehead atoms. The average molecular weight is 424 g/mol. The Kier molecular flexibility index (Phi) is 4.89. The van der Waals surface area contributed by atoms with Crippen LogP contribution in [-0.4, -0.2) is 51.9 Å². The van der Waals surface area contributed by atoms with Crippen LogP contribution in [0.5, 0.6) is 0 Å². The fourth-order valence-electron chi connectivity index (χ4n) is 4.49. The van der Waals surface area contributed by atoms with Crippen LogP contribution in [0, 0.1) is 5.41 Å². The number of anilines is 1. The fourth-order valence-corrected chi connectivity index (χ4v) is 4.76. The second-order valence-electron chi connectivity index (χ2n) is 8.63. The second kappa shape index (κ2) is 7.58. The molecule has 1 amide bonds. The minimum absolute atomic E-state index is 0.156. The molecule has 1 saturated heterocycles. The molecule has 5 rings (SSSR count). The third kappa shape index (κ3) is 3.65. The van der Waals surface area contributed by atoms with Crippen molar-refractivity contribution in [2.24, 2.45) is 5.41 Å². The highest BCUT2D eigenvalue weighted by molar-refractivity contribution is 6.31. The molecule has 2 aliphatic rings. The first-order valence-corrected chi connectivity index (χ1v) is 11.0. The van der Waals surface area contributed by atoms with Crippen LogP contribution >= 0.6 is 11.6 Å². The molecule has 0 unspecified atom stereocenters. The molecule has 2 fully saturated rings. The predicted molar refractivity (Wildman–Crippen MR) is 119 cm³/mol. The number of nitrogens with one attached hydrogen (secondary N) is 1. The quantitative estimate of drug-likeness (QED) is 0.692. The number of nitrogens with zero attached hydrogens (tertiary/aromatic N) is 4. The zero-order valence-electron chi connectivity index (χ0n) is 17.2. The number of halogens is 1. The maximum absolute atomic E-state index is 13.2. The van der Waals surface area contributed by atoms with Gasteiger partial charge in [0.2, 0.25) is 5.91 Å². The summed E-state index contributed by atoms with van der Waals surface area (Å²) in [4.78, 5) is 29.6. The first-order valence-electron chi connectivity index (χ1n) is 10.6. The Morgan fingerprint density at radius 3 is 2.83 bits per heavy atom. The number of aromatic amines is 1. The fraction of sp³-hybridized carbons (Fsp3) is 0.435. The average Bonchev–Trinajstić information content (AvgIpc) is 3.39. The lowest BCUT2D eigenvalue weighted by molar-refractivity contribution is -0.130. The smallest absolute Gasteiger partial charge is 0.227 e. The predicted octanol–water partition coefficient (Wildman–Crippen LogP) is 3.85. The van der Waals surface area contributed by atoms with E-state index in [0.29, 0.717) is 18.0 Å². The highest BCUT2D eigenvalue weighted by Crippen LogP contribution is 2.48. The minimum atomic E-state index is 0.156. The van der Waals surface area contributed by atoms with Gasteiger partial charge in [-0.25, -0.2) is 9.97 Å². The third-order valence-corrected chi connectivity index (χ3v) is 6.85. The van der Waals surface area contributed by atoms with E-state index in [9.17, 15) is 4.79 Å². The molecule has 0 atom stereocenters. The lowest BCUT2D eigenvalue weighted by atomic mass is 10.0. The number of hydrogen-bond acceptors (Lipinski definition) is 4. The van der Waals surface area contributed by atoms with Gasteiger partial charge < -0.3 is 14.8 Å². The lowest BCUT2D eigenvalue weighted by Gasteiger charge is -2.25. The topological polar surface area (TPSA) is 65.1 Å². The van der Waals surface area contributed by atoms with E-state index < -0.39 is 0 Å².